The van der Waals surface area contributed by atoms with Gasteiger partial charge in [0.25, 0.3) is 11.8 Å². The summed E-state index contributed by atoms with van der Waals surface area (Å²) in [7, 11) is 1.50. The molecule has 2 aromatic carbocycles. The summed E-state index contributed by atoms with van der Waals surface area (Å²) in [5, 5.41) is 8.79. The van der Waals surface area contributed by atoms with E-state index in [0.29, 0.717) is 28.3 Å². The minimum Gasteiger partial charge on any atom is -0.494 e. The van der Waals surface area contributed by atoms with Crippen LogP contribution in [0.15, 0.2) is 77.3 Å². The molecule has 0 aliphatic carbocycles. The van der Waals surface area contributed by atoms with Crippen LogP contribution in [0.2, 0.25) is 0 Å². The van der Waals surface area contributed by atoms with Gasteiger partial charge in [0.1, 0.15) is 5.75 Å². The molecule has 0 unspecified atom stereocenters. The van der Waals surface area contributed by atoms with E-state index in [2.05, 4.69) is 26.0 Å². The van der Waals surface area contributed by atoms with Crippen molar-refractivity contribution in [1.82, 2.24) is 9.97 Å². The lowest BCUT2D eigenvalue weighted by molar-refractivity contribution is 0.101. The van der Waals surface area contributed by atoms with Crippen LogP contribution in [-0.2, 0) is 5.75 Å². The van der Waals surface area contributed by atoms with Crippen molar-refractivity contribution in [2.45, 2.75) is 17.6 Å². The van der Waals surface area contributed by atoms with Gasteiger partial charge in [-0.2, -0.15) is 0 Å². The van der Waals surface area contributed by atoms with Crippen LogP contribution >= 0.6 is 23.1 Å². The number of benzene rings is 2. The van der Waals surface area contributed by atoms with Crippen molar-refractivity contribution in [2.24, 2.45) is 0 Å². The molecule has 7 nitrogen and oxygen atoms in total. The maximum atomic E-state index is 12.7. The molecular weight excluding hydrogens is 468 g/mol. The highest BCUT2D eigenvalue weighted by Crippen LogP contribution is 2.29. The molecule has 2 aromatic heterocycles. The molecule has 2 heterocycles. The third-order valence-electron chi connectivity index (χ3n) is 4.80. The lowest BCUT2D eigenvalue weighted by atomic mass is 10.2. The Labute approximate surface area is 205 Å². The number of aryl methyl sites for hydroxylation is 1. The lowest BCUT2D eigenvalue weighted by Gasteiger charge is -2.13. The van der Waals surface area contributed by atoms with Crippen LogP contribution in [-0.4, -0.2) is 28.9 Å². The third-order valence-corrected chi connectivity index (χ3v) is 6.67. The molecule has 34 heavy (non-hydrogen) atoms. The average molecular weight is 491 g/mol. The van der Waals surface area contributed by atoms with Gasteiger partial charge < -0.3 is 15.4 Å². The molecule has 4 aromatic rings. The van der Waals surface area contributed by atoms with E-state index in [1.165, 1.54) is 13.3 Å². The van der Waals surface area contributed by atoms with E-state index in [4.69, 9.17) is 4.74 Å². The molecular formula is C25H22N4O3S2. The number of thioether (sulfide) groups is 1. The zero-order valence-corrected chi connectivity index (χ0v) is 20.2. The largest absolute Gasteiger partial charge is 0.494 e. The van der Waals surface area contributed by atoms with Crippen molar-refractivity contribution in [3.63, 3.8) is 0 Å². The maximum Gasteiger partial charge on any atom is 0.257 e. The third kappa shape index (κ3) is 6.00. The van der Waals surface area contributed by atoms with Gasteiger partial charge in [-0.3, -0.25) is 14.6 Å². The zero-order chi connectivity index (χ0) is 23.9. The van der Waals surface area contributed by atoms with E-state index in [9.17, 15) is 9.59 Å². The van der Waals surface area contributed by atoms with Crippen molar-refractivity contribution in [3.8, 4) is 5.75 Å². The van der Waals surface area contributed by atoms with E-state index in [1.54, 1.807) is 71.8 Å². The first kappa shape index (κ1) is 23.5. The van der Waals surface area contributed by atoms with E-state index in [-0.39, 0.29) is 11.8 Å². The van der Waals surface area contributed by atoms with E-state index in [0.717, 1.165) is 21.3 Å². The number of aromatic nitrogens is 2. The van der Waals surface area contributed by atoms with Crippen LogP contribution < -0.4 is 15.4 Å². The summed E-state index contributed by atoms with van der Waals surface area (Å²) in [5.41, 5.74) is 3.08. The van der Waals surface area contributed by atoms with Gasteiger partial charge in [-0.25, -0.2) is 4.98 Å². The molecule has 2 N–H and O–H groups in total. The highest BCUT2D eigenvalue weighted by molar-refractivity contribution is 7.98. The summed E-state index contributed by atoms with van der Waals surface area (Å²) in [5.74, 6) is 0.685. The SMILES string of the molecule is COc1cc(NC(=O)c2ccc(SCc3csc(C)n3)cc2)ccc1NC(=O)c1cccnc1. The normalized spacial score (nSPS) is 10.5. The molecule has 0 atom stereocenters. The van der Waals surface area contributed by atoms with Crippen LogP contribution in [0.3, 0.4) is 0 Å². The first-order valence-electron chi connectivity index (χ1n) is 10.4. The standard InChI is InChI=1S/C25H22N4O3S2/c1-16-27-20(14-33-16)15-34-21-8-5-17(6-9-21)24(30)28-19-7-10-22(23(12-19)32-2)29-25(31)18-4-3-11-26-13-18/h3-14H,15H2,1-2H3,(H,28,30)(H,29,31). The predicted molar refractivity (Wildman–Crippen MR) is 136 cm³/mol. The maximum absolute atomic E-state index is 12.7. The number of methoxy groups -OCH3 is 1. The molecule has 0 saturated heterocycles. The summed E-state index contributed by atoms with van der Waals surface area (Å²) in [6.45, 7) is 1.99. The Morgan fingerprint density at radius 2 is 1.82 bits per heavy atom. The predicted octanol–water partition coefficient (Wildman–Crippen LogP) is 5.65. The summed E-state index contributed by atoms with van der Waals surface area (Å²) in [6.07, 6.45) is 3.09. The molecule has 4 rings (SSSR count). The van der Waals surface area contributed by atoms with E-state index in [1.807, 2.05) is 19.1 Å². The number of carbonyl (C=O) groups excluding carboxylic acids is 2. The fourth-order valence-electron chi connectivity index (χ4n) is 3.10. The number of nitrogens with one attached hydrogen (secondary N) is 2. The van der Waals surface area contributed by atoms with Crippen LogP contribution in [0, 0.1) is 6.92 Å². The Hall–Kier alpha value is -3.69. The summed E-state index contributed by atoms with van der Waals surface area (Å²) >= 11 is 3.32. The molecule has 2 amide bonds. The number of nitrogens with zero attached hydrogens (tertiary/aromatic N) is 2. The van der Waals surface area contributed by atoms with E-state index < -0.39 is 0 Å². The smallest absolute Gasteiger partial charge is 0.257 e. The van der Waals surface area contributed by atoms with Crippen molar-refractivity contribution in [1.29, 1.82) is 0 Å². The molecule has 0 saturated carbocycles. The van der Waals surface area contributed by atoms with Crippen LogP contribution in [0.4, 0.5) is 11.4 Å². The topological polar surface area (TPSA) is 93.2 Å². The van der Waals surface area contributed by atoms with Crippen LogP contribution in [0.5, 0.6) is 5.75 Å². The number of ether oxygens (including phenoxy) is 1. The van der Waals surface area contributed by atoms with Gasteiger partial charge in [-0.05, 0) is 55.5 Å². The molecule has 172 valence electrons. The van der Waals surface area contributed by atoms with Crippen molar-refractivity contribution in [2.75, 3.05) is 17.7 Å². The quantitative estimate of drug-likeness (QED) is 0.310. The first-order chi connectivity index (χ1) is 16.5. The molecule has 0 spiro atoms. The molecule has 0 aliphatic rings. The Kier molecular flexibility index (Phi) is 7.56. The van der Waals surface area contributed by atoms with Crippen molar-refractivity contribution < 1.29 is 14.3 Å². The van der Waals surface area contributed by atoms with Gasteiger partial charge in [0.2, 0.25) is 0 Å². The summed E-state index contributed by atoms with van der Waals surface area (Å²) < 4.78 is 5.40. The van der Waals surface area contributed by atoms with Gasteiger partial charge in [0.15, 0.2) is 0 Å². The summed E-state index contributed by atoms with van der Waals surface area (Å²) in [6, 6.07) is 15.9. The Balaban J connectivity index is 1.38. The van der Waals surface area contributed by atoms with Crippen molar-refractivity contribution >= 4 is 46.3 Å². The fraction of sp³-hybridized carbons (Fsp3) is 0.120. The number of pyridine rings is 1. The zero-order valence-electron chi connectivity index (χ0n) is 18.6. The molecule has 9 heteroatoms. The monoisotopic (exact) mass is 490 g/mol. The number of hydrogen-bond donors (Lipinski definition) is 2. The van der Waals surface area contributed by atoms with Crippen LogP contribution in [0.25, 0.3) is 0 Å². The van der Waals surface area contributed by atoms with Gasteiger partial charge in [-0.1, -0.05) is 0 Å². The number of thiazole rings is 1. The highest BCUT2D eigenvalue weighted by atomic mass is 32.2. The Morgan fingerprint density at radius 1 is 1.03 bits per heavy atom. The van der Waals surface area contributed by atoms with E-state index >= 15 is 0 Å². The highest BCUT2D eigenvalue weighted by Gasteiger charge is 2.12. The molecule has 0 fully saturated rings. The fourth-order valence-corrected chi connectivity index (χ4v) is 4.61. The second kappa shape index (κ2) is 11.0. The second-order valence-corrected chi connectivity index (χ2v) is 9.35. The number of anilines is 2. The Bertz CT molecular complexity index is 1290. The minimum atomic E-state index is -0.300. The number of amides is 2. The molecule has 0 radical (unpaired) electrons. The molecule has 0 bridgehead atoms. The number of rotatable bonds is 8. The molecule has 0 aliphatic heterocycles. The lowest BCUT2D eigenvalue weighted by Crippen LogP contribution is -2.14. The number of hydrogen-bond acceptors (Lipinski definition) is 7. The van der Waals surface area contributed by atoms with Gasteiger partial charge >= 0.3 is 0 Å². The number of carbonyl (C=O) groups is 2. The Morgan fingerprint density at radius 3 is 2.50 bits per heavy atom. The van der Waals surface area contributed by atoms with Crippen LogP contribution in [0.1, 0.15) is 31.4 Å². The van der Waals surface area contributed by atoms with Crippen molar-refractivity contribution in [3.05, 3.63) is 94.2 Å². The minimum absolute atomic E-state index is 0.235. The average Bonchev–Trinajstić information content (AvgIpc) is 3.29. The summed E-state index contributed by atoms with van der Waals surface area (Å²) in [4.78, 5) is 34.6. The first-order valence-corrected chi connectivity index (χ1v) is 12.2. The second-order valence-electron chi connectivity index (χ2n) is 7.24. The van der Waals surface area contributed by atoms with Gasteiger partial charge in [0, 0.05) is 45.7 Å². The van der Waals surface area contributed by atoms with Gasteiger partial charge in [0.05, 0.1) is 29.1 Å². The van der Waals surface area contributed by atoms with Gasteiger partial charge in [-0.15, -0.1) is 23.1 Å².